The molecule has 0 bridgehead atoms. The summed E-state index contributed by atoms with van der Waals surface area (Å²) in [5.74, 6) is -0.942. The van der Waals surface area contributed by atoms with Gasteiger partial charge in [0, 0.05) is 25.4 Å². The van der Waals surface area contributed by atoms with E-state index in [9.17, 15) is 4.79 Å². The lowest BCUT2D eigenvalue weighted by molar-refractivity contribution is -0.132. The van der Waals surface area contributed by atoms with E-state index in [0.29, 0.717) is 6.54 Å². The standard InChI is InChI=1S/C9H15N5O2/c1-6(8(10)13-16)9(15)14(2)5-7-3-11-12-4-7/h3-4,6,16H,5H2,1-2H3,(H2,10,13)(H,11,12). The van der Waals surface area contributed by atoms with E-state index in [1.807, 2.05) is 0 Å². The maximum Gasteiger partial charge on any atom is 0.233 e. The second-order valence-electron chi connectivity index (χ2n) is 3.55. The number of rotatable bonds is 4. The topological polar surface area (TPSA) is 108 Å². The third-order valence-electron chi connectivity index (χ3n) is 2.28. The number of aromatic amines is 1. The molecular weight excluding hydrogens is 210 g/mol. The maximum absolute atomic E-state index is 11.8. The first-order valence-electron chi connectivity index (χ1n) is 4.76. The SMILES string of the molecule is CC(C(=O)N(C)Cc1cn[nH]c1)C(N)=NO. The van der Waals surface area contributed by atoms with Gasteiger partial charge in [-0.25, -0.2) is 0 Å². The molecule has 0 spiro atoms. The molecule has 7 nitrogen and oxygen atoms in total. The molecule has 0 aliphatic carbocycles. The van der Waals surface area contributed by atoms with Crippen LogP contribution in [0.3, 0.4) is 0 Å². The van der Waals surface area contributed by atoms with Crippen LogP contribution in [0, 0.1) is 5.92 Å². The van der Waals surface area contributed by atoms with Gasteiger partial charge >= 0.3 is 0 Å². The average Bonchev–Trinajstić information content (AvgIpc) is 2.78. The van der Waals surface area contributed by atoms with Gasteiger partial charge in [0.1, 0.15) is 0 Å². The van der Waals surface area contributed by atoms with E-state index in [-0.39, 0.29) is 11.7 Å². The van der Waals surface area contributed by atoms with Gasteiger partial charge in [-0.3, -0.25) is 9.89 Å². The van der Waals surface area contributed by atoms with Crippen LogP contribution in [0.1, 0.15) is 12.5 Å². The Morgan fingerprint density at radius 1 is 1.81 bits per heavy atom. The van der Waals surface area contributed by atoms with Crippen LogP contribution in [-0.2, 0) is 11.3 Å². The van der Waals surface area contributed by atoms with Crippen LogP contribution < -0.4 is 5.73 Å². The number of carbonyl (C=O) groups is 1. The van der Waals surface area contributed by atoms with Gasteiger partial charge in [-0.2, -0.15) is 5.10 Å². The molecule has 1 unspecified atom stereocenters. The molecule has 16 heavy (non-hydrogen) atoms. The van der Waals surface area contributed by atoms with Crippen LogP contribution in [0.5, 0.6) is 0 Å². The van der Waals surface area contributed by atoms with E-state index in [1.54, 1.807) is 26.4 Å². The number of oxime groups is 1. The van der Waals surface area contributed by atoms with Gasteiger partial charge in [-0.15, -0.1) is 0 Å². The van der Waals surface area contributed by atoms with E-state index in [2.05, 4.69) is 15.4 Å². The summed E-state index contributed by atoms with van der Waals surface area (Å²) in [6, 6.07) is 0. The second kappa shape index (κ2) is 5.15. The fraction of sp³-hybridized carbons (Fsp3) is 0.444. The summed E-state index contributed by atoms with van der Waals surface area (Å²) in [4.78, 5) is 13.3. The van der Waals surface area contributed by atoms with Crippen molar-refractivity contribution in [3.05, 3.63) is 18.0 Å². The van der Waals surface area contributed by atoms with Gasteiger partial charge in [0.05, 0.1) is 12.1 Å². The number of aromatic nitrogens is 2. The van der Waals surface area contributed by atoms with Gasteiger partial charge in [-0.1, -0.05) is 5.16 Å². The summed E-state index contributed by atoms with van der Waals surface area (Å²) in [5.41, 5.74) is 6.25. The lowest BCUT2D eigenvalue weighted by atomic mass is 10.1. The number of nitrogens with zero attached hydrogens (tertiary/aromatic N) is 3. The van der Waals surface area contributed by atoms with Crippen LogP contribution in [0.4, 0.5) is 0 Å². The third kappa shape index (κ3) is 2.72. The fourth-order valence-corrected chi connectivity index (χ4v) is 1.26. The van der Waals surface area contributed by atoms with Crippen molar-refractivity contribution in [2.45, 2.75) is 13.5 Å². The molecule has 1 atom stereocenters. The average molecular weight is 225 g/mol. The van der Waals surface area contributed by atoms with E-state index in [0.717, 1.165) is 5.56 Å². The van der Waals surface area contributed by atoms with Gasteiger partial charge in [-0.05, 0) is 6.92 Å². The molecule has 0 aliphatic heterocycles. The van der Waals surface area contributed by atoms with Gasteiger partial charge in [0.25, 0.3) is 0 Å². The normalized spacial score (nSPS) is 13.5. The Bertz CT molecular complexity index is 373. The van der Waals surface area contributed by atoms with Gasteiger partial charge in [0.2, 0.25) is 5.91 Å². The Morgan fingerprint density at radius 2 is 2.50 bits per heavy atom. The minimum absolute atomic E-state index is 0.0935. The largest absolute Gasteiger partial charge is 0.409 e. The third-order valence-corrected chi connectivity index (χ3v) is 2.28. The predicted molar refractivity (Wildman–Crippen MR) is 57.6 cm³/mol. The Morgan fingerprint density at radius 3 is 3.00 bits per heavy atom. The van der Waals surface area contributed by atoms with E-state index < -0.39 is 5.92 Å². The monoisotopic (exact) mass is 225 g/mol. The number of amides is 1. The Kier molecular flexibility index (Phi) is 3.87. The summed E-state index contributed by atoms with van der Waals surface area (Å²) >= 11 is 0. The number of H-pyrrole nitrogens is 1. The van der Waals surface area contributed by atoms with Crippen molar-refractivity contribution in [3.8, 4) is 0 Å². The van der Waals surface area contributed by atoms with Crippen molar-refractivity contribution in [1.29, 1.82) is 0 Å². The van der Waals surface area contributed by atoms with Crippen LogP contribution >= 0.6 is 0 Å². The molecule has 0 saturated carbocycles. The Hall–Kier alpha value is -2.05. The number of nitrogens with one attached hydrogen (secondary N) is 1. The molecule has 0 aliphatic rings. The maximum atomic E-state index is 11.8. The van der Waals surface area contributed by atoms with Gasteiger partial charge in [0.15, 0.2) is 5.84 Å². The molecule has 1 rings (SSSR count). The molecule has 0 fully saturated rings. The molecule has 1 amide bonds. The summed E-state index contributed by atoms with van der Waals surface area (Å²) in [5, 5.41) is 17.7. The van der Waals surface area contributed by atoms with Gasteiger partial charge < -0.3 is 15.8 Å². The summed E-state index contributed by atoms with van der Waals surface area (Å²) < 4.78 is 0. The summed E-state index contributed by atoms with van der Waals surface area (Å²) in [6.45, 7) is 2.02. The zero-order chi connectivity index (χ0) is 12.1. The molecule has 0 radical (unpaired) electrons. The molecule has 0 aromatic carbocycles. The minimum Gasteiger partial charge on any atom is -0.409 e. The highest BCUT2D eigenvalue weighted by molar-refractivity contribution is 6.01. The molecule has 1 heterocycles. The first-order chi connectivity index (χ1) is 7.56. The van der Waals surface area contributed by atoms with E-state index >= 15 is 0 Å². The molecule has 7 heteroatoms. The van der Waals surface area contributed by atoms with E-state index in [4.69, 9.17) is 10.9 Å². The van der Waals surface area contributed by atoms with Crippen LogP contribution in [-0.4, -0.2) is 39.1 Å². The minimum atomic E-state index is -0.637. The zero-order valence-electron chi connectivity index (χ0n) is 9.21. The molecule has 4 N–H and O–H groups in total. The van der Waals surface area contributed by atoms with Crippen molar-refractivity contribution in [1.82, 2.24) is 15.1 Å². The van der Waals surface area contributed by atoms with Crippen LogP contribution in [0.15, 0.2) is 17.5 Å². The van der Waals surface area contributed by atoms with Crippen LogP contribution in [0.2, 0.25) is 0 Å². The number of amidine groups is 1. The fourth-order valence-electron chi connectivity index (χ4n) is 1.26. The van der Waals surface area contributed by atoms with E-state index in [1.165, 1.54) is 4.90 Å². The second-order valence-corrected chi connectivity index (χ2v) is 3.55. The molecular formula is C9H15N5O2. The molecule has 1 aromatic heterocycles. The first-order valence-corrected chi connectivity index (χ1v) is 4.76. The molecule has 88 valence electrons. The predicted octanol–water partition coefficient (Wildman–Crippen LogP) is -0.249. The number of nitrogens with two attached hydrogens (primary N) is 1. The highest BCUT2D eigenvalue weighted by atomic mass is 16.4. The highest BCUT2D eigenvalue weighted by Crippen LogP contribution is 2.05. The lowest BCUT2D eigenvalue weighted by Crippen LogP contribution is -2.38. The van der Waals surface area contributed by atoms with Crippen molar-refractivity contribution in [3.63, 3.8) is 0 Å². The smallest absolute Gasteiger partial charge is 0.233 e. The number of hydrogen-bond donors (Lipinski definition) is 3. The Labute approximate surface area is 92.9 Å². The molecule has 0 saturated heterocycles. The summed E-state index contributed by atoms with van der Waals surface area (Å²) in [6.07, 6.45) is 3.34. The zero-order valence-corrected chi connectivity index (χ0v) is 9.21. The van der Waals surface area contributed by atoms with Crippen molar-refractivity contribution in [2.24, 2.45) is 16.8 Å². The first kappa shape index (κ1) is 12.0. The van der Waals surface area contributed by atoms with Crippen LogP contribution in [0.25, 0.3) is 0 Å². The highest BCUT2D eigenvalue weighted by Gasteiger charge is 2.21. The van der Waals surface area contributed by atoms with Crippen molar-refractivity contribution >= 4 is 11.7 Å². The number of carbonyl (C=O) groups excluding carboxylic acids is 1. The number of hydrogen-bond acceptors (Lipinski definition) is 4. The summed E-state index contributed by atoms with van der Waals surface area (Å²) in [7, 11) is 1.65. The Balaban J connectivity index is 2.60. The van der Waals surface area contributed by atoms with Crippen molar-refractivity contribution in [2.75, 3.05) is 7.05 Å². The van der Waals surface area contributed by atoms with Crippen molar-refractivity contribution < 1.29 is 10.0 Å². The quantitative estimate of drug-likeness (QED) is 0.284. The molecule has 1 aromatic rings. The lowest BCUT2D eigenvalue weighted by Gasteiger charge is -2.19.